The molecular weight excluding hydrogens is 186 g/mol. The predicted octanol–water partition coefficient (Wildman–Crippen LogP) is 1.63. The molecule has 82 valence electrons. The average Bonchev–Trinajstić information content (AvgIpc) is 2.04. The Balaban J connectivity index is 4.24. The van der Waals surface area contributed by atoms with E-state index >= 15 is 0 Å². The van der Waals surface area contributed by atoms with Gasteiger partial charge in [-0.1, -0.05) is 20.8 Å². The third kappa shape index (κ3) is 3.72. The van der Waals surface area contributed by atoms with Crippen LogP contribution in [0.2, 0.25) is 0 Å². The van der Waals surface area contributed by atoms with Gasteiger partial charge in [0.2, 0.25) is 6.04 Å². The molecule has 5 nitrogen and oxygen atoms in total. The van der Waals surface area contributed by atoms with Gasteiger partial charge in [-0.25, -0.2) is 0 Å². The molecule has 0 N–H and O–H groups in total. The van der Waals surface area contributed by atoms with E-state index in [4.69, 9.17) is 4.74 Å². The minimum atomic E-state index is -0.808. The first-order valence-corrected chi connectivity index (χ1v) is 4.74. The molecule has 0 aromatic carbocycles. The number of hydrogen-bond donors (Lipinski definition) is 0. The van der Waals surface area contributed by atoms with E-state index in [1.807, 2.05) is 0 Å². The second-order valence-corrected chi connectivity index (χ2v) is 3.56. The van der Waals surface area contributed by atoms with Crippen molar-refractivity contribution in [1.29, 1.82) is 0 Å². The molecule has 0 heterocycles. The number of esters is 1. The van der Waals surface area contributed by atoms with Crippen LogP contribution < -0.4 is 0 Å². The van der Waals surface area contributed by atoms with E-state index in [0.29, 0.717) is 6.42 Å². The van der Waals surface area contributed by atoms with Crippen LogP contribution in [0.3, 0.4) is 0 Å². The number of carbonyl (C=O) groups is 1. The summed E-state index contributed by atoms with van der Waals surface area (Å²) in [6.45, 7) is 6.65. The lowest BCUT2D eigenvalue weighted by Gasteiger charge is -2.17. The minimum Gasteiger partial charge on any atom is -0.455 e. The number of ether oxygens (including phenoxy) is 1. The summed E-state index contributed by atoms with van der Waals surface area (Å²) >= 11 is 0. The molecule has 0 aromatic rings. The largest absolute Gasteiger partial charge is 0.455 e. The van der Waals surface area contributed by atoms with Crippen molar-refractivity contribution in [2.75, 3.05) is 0 Å². The zero-order valence-corrected chi connectivity index (χ0v) is 9.02. The molecule has 0 fully saturated rings. The Hall–Kier alpha value is -1.13. The first kappa shape index (κ1) is 12.9. The second kappa shape index (κ2) is 5.57. The topological polar surface area (TPSA) is 69.4 Å². The fraction of sp³-hybridized carbons (Fsp3) is 0.889. The molecule has 0 amide bonds. The minimum absolute atomic E-state index is 0.248. The van der Waals surface area contributed by atoms with E-state index in [2.05, 4.69) is 0 Å². The average molecular weight is 203 g/mol. The quantitative estimate of drug-likeness (QED) is 0.387. The molecule has 0 aliphatic heterocycles. The van der Waals surface area contributed by atoms with Crippen molar-refractivity contribution in [3.05, 3.63) is 10.1 Å². The Morgan fingerprint density at radius 3 is 2.21 bits per heavy atom. The van der Waals surface area contributed by atoms with Crippen LogP contribution in [-0.4, -0.2) is 23.0 Å². The highest BCUT2D eigenvalue weighted by molar-refractivity contribution is 5.71. The van der Waals surface area contributed by atoms with E-state index in [9.17, 15) is 14.9 Å². The van der Waals surface area contributed by atoms with Gasteiger partial charge in [0.1, 0.15) is 0 Å². The highest BCUT2D eigenvalue weighted by Crippen LogP contribution is 2.09. The van der Waals surface area contributed by atoms with Gasteiger partial charge in [-0.3, -0.25) is 14.9 Å². The molecule has 2 atom stereocenters. The number of rotatable bonds is 5. The van der Waals surface area contributed by atoms with Crippen LogP contribution in [0.1, 0.15) is 34.1 Å². The standard InChI is InChI=1S/C9H17NO4/c1-5-8(10(12)13)7(4)14-9(11)6(2)3/h6-8H,5H2,1-4H3/t7-,8-/m0/s1. The van der Waals surface area contributed by atoms with Crippen LogP contribution >= 0.6 is 0 Å². The number of hydrogen-bond acceptors (Lipinski definition) is 4. The van der Waals surface area contributed by atoms with Gasteiger partial charge < -0.3 is 4.74 Å². The van der Waals surface area contributed by atoms with Crippen molar-refractivity contribution in [1.82, 2.24) is 0 Å². The molecule has 0 aliphatic carbocycles. The third-order valence-electron chi connectivity index (χ3n) is 2.00. The Kier molecular flexibility index (Phi) is 5.12. The Labute approximate surface area is 83.6 Å². The molecule has 0 aromatic heterocycles. The van der Waals surface area contributed by atoms with Crippen LogP contribution in [0, 0.1) is 16.0 Å². The van der Waals surface area contributed by atoms with Crippen molar-refractivity contribution in [2.45, 2.75) is 46.3 Å². The van der Waals surface area contributed by atoms with E-state index in [1.54, 1.807) is 27.7 Å². The summed E-state index contributed by atoms with van der Waals surface area (Å²) in [5, 5.41) is 10.5. The Morgan fingerprint density at radius 1 is 1.43 bits per heavy atom. The Morgan fingerprint density at radius 2 is 1.93 bits per heavy atom. The van der Waals surface area contributed by atoms with Crippen LogP contribution in [0.25, 0.3) is 0 Å². The maximum atomic E-state index is 11.2. The molecule has 0 saturated heterocycles. The van der Waals surface area contributed by atoms with Crippen molar-refractivity contribution in [2.24, 2.45) is 5.92 Å². The summed E-state index contributed by atoms with van der Waals surface area (Å²) in [4.78, 5) is 21.3. The summed E-state index contributed by atoms with van der Waals surface area (Å²) in [5.41, 5.74) is 0. The molecule has 0 rings (SSSR count). The second-order valence-electron chi connectivity index (χ2n) is 3.56. The normalized spacial score (nSPS) is 14.9. The summed E-state index contributed by atoms with van der Waals surface area (Å²) in [5.74, 6) is -0.639. The van der Waals surface area contributed by atoms with Gasteiger partial charge in [0.15, 0.2) is 6.10 Å². The fourth-order valence-corrected chi connectivity index (χ4v) is 1.05. The van der Waals surface area contributed by atoms with Crippen molar-refractivity contribution in [3.8, 4) is 0 Å². The van der Waals surface area contributed by atoms with Crippen LogP contribution in [-0.2, 0) is 9.53 Å². The zero-order chi connectivity index (χ0) is 11.3. The van der Waals surface area contributed by atoms with Gasteiger partial charge in [-0.05, 0) is 6.92 Å². The maximum absolute atomic E-state index is 11.2. The lowest BCUT2D eigenvalue weighted by Crippen LogP contribution is -2.35. The van der Waals surface area contributed by atoms with Gasteiger partial charge >= 0.3 is 5.97 Å². The van der Waals surface area contributed by atoms with Crippen molar-refractivity contribution in [3.63, 3.8) is 0 Å². The van der Waals surface area contributed by atoms with Gasteiger partial charge in [0.05, 0.1) is 5.92 Å². The lowest BCUT2D eigenvalue weighted by atomic mass is 10.1. The SMILES string of the molecule is CC[C@@H]([C@H](C)OC(=O)C(C)C)[N+](=O)[O-]. The van der Waals surface area contributed by atoms with Crippen molar-refractivity contribution >= 4 is 5.97 Å². The molecule has 5 heteroatoms. The summed E-state index contributed by atoms with van der Waals surface area (Å²) in [6.07, 6.45) is -0.301. The molecule has 0 aliphatic rings. The molecule has 0 saturated carbocycles. The van der Waals surface area contributed by atoms with Gasteiger partial charge in [-0.15, -0.1) is 0 Å². The fourth-order valence-electron chi connectivity index (χ4n) is 1.05. The van der Waals surface area contributed by atoms with E-state index < -0.39 is 23.0 Å². The van der Waals surface area contributed by atoms with Crippen LogP contribution in [0.5, 0.6) is 0 Å². The molecule has 0 unspecified atom stereocenters. The van der Waals surface area contributed by atoms with Gasteiger partial charge in [0, 0.05) is 11.3 Å². The maximum Gasteiger partial charge on any atom is 0.308 e. The van der Waals surface area contributed by atoms with Crippen LogP contribution in [0.4, 0.5) is 0 Å². The van der Waals surface area contributed by atoms with E-state index in [0.717, 1.165) is 0 Å². The summed E-state index contributed by atoms with van der Waals surface area (Å²) < 4.78 is 4.95. The zero-order valence-electron chi connectivity index (χ0n) is 9.02. The van der Waals surface area contributed by atoms with Crippen molar-refractivity contribution < 1.29 is 14.5 Å². The predicted molar refractivity (Wildman–Crippen MR) is 51.5 cm³/mol. The molecule has 14 heavy (non-hydrogen) atoms. The number of nitro groups is 1. The first-order valence-electron chi connectivity index (χ1n) is 4.74. The number of nitrogens with zero attached hydrogens (tertiary/aromatic N) is 1. The first-order chi connectivity index (χ1) is 6.40. The van der Waals surface area contributed by atoms with E-state index in [-0.39, 0.29) is 5.92 Å². The highest BCUT2D eigenvalue weighted by atomic mass is 16.6. The lowest BCUT2D eigenvalue weighted by molar-refractivity contribution is -0.533. The smallest absolute Gasteiger partial charge is 0.308 e. The molecular formula is C9H17NO4. The summed E-state index contributed by atoms with van der Waals surface area (Å²) in [7, 11) is 0. The highest BCUT2D eigenvalue weighted by Gasteiger charge is 2.29. The number of carbonyl (C=O) groups excluding carboxylic acids is 1. The van der Waals surface area contributed by atoms with Gasteiger partial charge in [-0.2, -0.15) is 0 Å². The summed E-state index contributed by atoms with van der Waals surface area (Å²) in [6, 6.07) is -0.808. The molecule has 0 spiro atoms. The van der Waals surface area contributed by atoms with E-state index in [1.165, 1.54) is 0 Å². The van der Waals surface area contributed by atoms with Gasteiger partial charge in [0.25, 0.3) is 0 Å². The van der Waals surface area contributed by atoms with Crippen LogP contribution in [0.15, 0.2) is 0 Å². The molecule has 0 bridgehead atoms. The monoisotopic (exact) mass is 203 g/mol. The Bertz CT molecular complexity index is 215. The third-order valence-corrected chi connectivity index (χ3v) is 2.00. The molecule has 0 radical (unpaired) electrons.